The number of nitrogens with zero attached hydrogens (tertiary/aromatic N) is 1. The predicted molar refractivity (Wildman–Crippen MR) is 79.8 cm³/mol. The Hall–Kier alpha value is -0.970. The van der Waals surface area contributed by atoms with Gasteiger partial charge in [-0.3, -0.25) is 9.69 Å². The summed E-state index contributed by atoms with van der Waals surface area (Å²) < 4.78 is 0. The van der Waals surface area contributed by atoms with Crippen LogP contribution >= 0.6 is 23.2 Å². The zero-order chi connectivity index (χ0) is 14.0. The molecule has 0 radical (unpaired) electrons. The number of likely N-dealkylation sites (N-methyl/N-ethyl adjacent to an activating group) is 1. The van der Waals surface area contributed by atoms with Crippen LogP contribution in [0.5, 0.6) is 0 Å². The van der Waals surface area contributed by atoms with Crippen LogP contribution in [0.4, 0.5) is 11.4 Å². The molecule has 3 N–H and O–H groups in total. The van der Waals surface area contributed by atoms with E-state index in [1.165, 1.54) is 12.8 Å². The summed E-state index contributed by atoms with van der Waals surface area (Å²) in [6.07, 6.45) is 2.34. The molecule has 1 saturated carbocycles. The second-order valence-electron chi connectivity index (χ2n) is 4.69. The van der Waals surface area contributed by atoms with Crippen LogP contribution in [-0.4, -0.2) is 29.9 Å². The number of nitrogen functional groups attached to an aromatic ring is 1. The third-order valence-electron chi connectivity index (χ3n) is 3.17. The van der Waals surface area contributed by atoms with E-state index in [-0.39, 0.29) is 5.91 Å². The lowest BCUT2D eigenvalue weighted by Gasteiger charge is -2.19. The molecule has 1 aliphatic rings. The molecular formula is C13H17Cl2N3O. The number of rotatable bonds is 5. The fourth-order valence-electron chi connectivity index (χ4n) is 2.03. The van der Waals surface area contributed by atoms with Crippen molar-refractivity contribution in [2.24, 2.45) is 0 Å². The minimum Gasteiger partial charge on any atom is -0.397 e. The normalized spacial score (nSPS) is 14.7. The van der Waals surface area contributed by atoms with Gasteiger partial charge in [0.1, 0.15) is 0 Å². The molecule has 0 aromatic heterocycles. The van der Waals surface area contributed by atoms with Crippen molar-refractivity contribution >= 4 is 40.5 Å². The summed E-state index contributed by atoms with van der Waals surface area (Å²) in [7, 11) is 0. The minimum atomic E-state index is -0.107. The lowest BCUT2D eigenvalue weighted by molar-refractivity contribution is -0.117. The highest BCUT2D eigenvalue weighted by atomic mass is 35.5. The SMILES string of the molecule is CCN(CC(=O)Nc1c(N)cc(Cl)cc1Cl)C1CC1. The Bertz CT molecular complexity index is 466. The van der Waals surface area contributed by atoms with Gasteiger partial charge >= 0.3 is 0 Å². The number of hydrogen-bond acceptors (Lipinski definition) is 3. The largest absolute Gasteiger partial charge is 0.397 e. The maximum Gasteiger partial charge on any atom is 0.238 e. The molecule has 19 heavy (non-hydrogen) atoms. The lowest BCUT2D eigenvalue weighted by Crippen LogP contribution is -2.34. The maximum absolute atomic E-state index is 12.0. The van der Waals surface area contributed by atoms with Gasteiger partial charge in [-0.1, -0.05) is 30.1 Å². The molecule has 2 rings (SSSR count). The van der Waals surface area contributed by atoms with E-state index in [0.29, 0.717) is 34.0 Å². The van der Waals surface area contributed by atoms with E-state index in [0.717, 1.165) is 6.54 Å². The number of halogens is 2. The summed E-state index contributed by atoms with van der Waals surface area (Å²) in [5, 5.41) is 3.56. The van der Waals surface area contributed by atoms with E-state index in [4.69, 9.17) is 28.9 Å². The highest BCUT2D eigenvalue weighted by molar-refractivity contribution is 6.37. The van der Waals surface area contributed by atoms with Gasteiger partial charge in [-0.05, 0) is 31.5 Å². The molecule has 0 unspecified atom stereocenters. The van der Waals surface area contributed by atoms with Gasteiger partial charge in [0.2, 0.25) is 5.91 Å². The summed E-state index contributed by atoms with van der Waals surface area (Å²) in [5.41, 5.74) is 6.62. The maximum atomic E-state index is 12.0. The van der Waals surface area contributed by atoms with Crippen LogP contribution in [0.15, 0.2) is 12.1 Å². The van der Waals surface area contributed by atoms with E-state index in [2.05, 4.69) is 17.1 Å². The Morgan fingerprint density at radius 3 is 2.68 bits per heavy atom. The molecule has 1 aromatic rings. The molecule has 4 nitrogen and oxygen atoms in total. The molecule has 1 fully saturated rings. The van der Waals surface area contributed by atoms with Crippen LogP contribution in [0.3, 0.4) is 0 Å². The number of benzene rings is 1. The van der Waals surface area contributed by atoms with Crippen molar-refractivity contribution in [1.29, 1.82) is 0 Å². The molecule has 0 bridgehead atoms. The Kier molecular flexibility index (Phi) is 4.55. The standard InChI is InChI=1S/C13H17Cl2N3O/c1-2-18(9-3-4-9)7-12(19)17-13-10(15)5-8(14)6-11(13)16/h5-6,9H,2-4,7,16H2,1H3,(H,17,19). The molecule has 0 heterocycles. The first-order valence-electron chi connectivity index (χ1n) is 6.29. The van der Waals surface area contributed by atoms with E-state index >= 15 is 0 Å². The Labute approximate surface area is 122 Å². The van der Waals surface area contributed by atoms with Gasteiger partial charge in [-0.15, -0.1) is 0 Å². The van der Waals surface area contributed by atoms with Gasteiger partial charge in [0.25, 0.3) is 0 Å². The third-order valence-corrected chi connectivity index (χ3v) is 3.68. The average molecular weight is 302 g/mol. The number of hydrogen-bond donors (Lipinski definition) is 2. The first kappa shape index (κ1) is 14.4. The number of amides is 1. The smallest absolute Gasteiger partial charge is 0.238 e. The van der Waals surface area contributed by atoms with Crippen LogP contribution in [0.1, 0.15) is 19.8 Å². The summed E-state index contributed by atoms with van der Waals surface area (Å²) in [4.78, 5) is 14.2. The van der Waals surface area contributed by atoms with Crippen molar-refractivity contribution in [2.75, 3.05) is 24.1 Å². The zero-order valence-corrected chi connectivity index (χ0v) is 12.3. The lowest BCUT2D eigenvalue weighted by atomic mass is 10.2. The fraction of sp³-hybridized carbons (Fsp3) is 0.462. The molecule has 6 heteroatoms. The first-order chi connectivity index (χ1) is 9.01. The van der Waals surface area contributed by atoms with E-state index in [1.54, 1.807) is 12.1 Å². The van der Waals surface area contributed by atoms with Gasteiger partial charge < -0.3 is 11.1 Å². The summed E-state index contributed by atoms with van der Waals surface area (Å²) >= 11 is 11.9. The quantitative estimate of drug-likeness (QED) is 0.822. The van der Waals surface area contributed by atoms with Gasteiger partial charge in [-0.25, -0.2) is 0 Å². The van der Waals surface area contributed by atoms with E-state index in [1.807, 2.05) is 0 Å². The Morgan fingerprint density at radius 1 is 1.47 bits per heavy atom. The van der Waals surface area contributed by atoms with Crippen molar-refractivity contribution < 1.29 is 4.79 Å². The molecule has 1 amide bonds. The van der Waals surface area contributed by atoms with E-state index < -0.39 is 0 Å². The summed E-state index contributed by atoms with van der Waals surface area (Å²) in [6, 6.07) is 3.68. The van der Waals surface area contributed by atoms with Gasteiger partial charge in [0, 0.05) is 11.1 Å². The van der Waals surface area contributed by atoms with Crippen LogP contribution in [-0.2, 0) is 4.79 Å². The van der Waals surface area contributed by atoms with Crippen LogP contribution in [0.2, 0.25) is 10.0 Å². The van der Waals surface area contributed by atoms with Crippen molar-refractivity contribution in [3.05, 3.63) is 22.2 Å². The number of carbonyl (C=O) groups is 1. The monoisotopic (exact) mass is 301 g/mol. The Balaban J connectivity index is 2.02. The van der Waals surface area contributed by atoms with Crippen molar-refractivity contribution in [3.8, 4) is 0 Å². The second kappa shape index (κ2) is 5.99. The zero-order valence-electron chi connectivity index (χ0n) is 10.7. The topological polar surface area (TPSA) is 58.4 Å². The van der Waals surface area contributed by atoms with Crippen LogP contribution < -0.4 is 11.1 Å². The molecule has 1 aliphatic carbocycles. The molecular weight excluding hydrogens is 285 g/mol. The highest BCUT2D eigenvalue weighted by Crippen LogP contribution is 2.32. The van der Waals surface area contributed by atoms with E-state index in [9.17, 15) is 4.79 Å². The summed E-state index contributed by atoms with van der Waals surface area (Å²) in [5.74, 6) is -0.107. The third kappa shape index (κ3) is 3.75. The predicted octanol–water partition coefficient (Wildman–Crippen LogP) is 3.00. The fourth-order valence-corrected chi connectivity index (χ4v) is 2.58. The average Bonchev–Trinajstić information content (AvgIpc) is 3.15. The van der Waals surface area contributed by atoms with Crippen molar-refractivity contribution in [1.82, 2.24) is 4.90 Å². The van der Waals surface area contributed by atoms with Crippen molar-refractivity contribution in [2.45, 2.75) is 25.8 Å². The molecule has 0 aliphatic heterocycles. The van der Waals surface area contributed by atoms with Crippen LogP contribution in [0, 0.1) is 0 Å². The number of anilines is 2. The molecule has 104 valence electrons. The molecule has 1 aromatic carbocycles. The summed E-state index contributed by atoms with van der Waals surface area (Å²) in [6.45, 7) is 3.27. The molecule has 0 spiro atoms. The number of nitrogens with two attached hydrogens (primary N) is 1. The van der Waals surface area contributed by atoms with Gasteiger partial charge in [0.05, 0.1) is 22.9 Å². The number of carbonyl (C=O) groups excluding carboxylic acids is 1. The van der Waals surface area contributed by atoms with Crippen LogP contribution in [0.25, 0.3) is 0 Å². The Morgan fingerprint density at radius 2 is 2.16 bits per heavy atom. The first-order valence-corrected chi connectivity index (χ1v) is 7.05. The molecule has 0 atom stereocenters. The van der Waals surface area contributed by atoms with Gasteiger partial charge in [0.15, 0.2) is 0 Å². The van der Waals surface area contributed by atoms with Crippen molar-refractivity contribution in [3.63, 3.8) is 0 Å². The molecule has 0 saturated heterocycles. The highest BCUT2D eigenvalue weighted by Gasteiger charge is 2.29. The number of nitrogens with one attached hydrogen (secondary N) is 1. The van der Waals surface area contributed by atoms with Gasteiger partial charge in [-0.2, -0.15) is 0 Å². The minimum absolute atomic E-state index is 0.107. The second-order valence-corrected chi connectivity index (χ2v) is 5.54.